The van der Waals surface area contributed by atoms with Crippen LogP contribution in [0.4, 0.5) is 5.82 Å². The highest BCUT2D eigenvalue weighted by atomic mass is 35.5. The molecular weight excluding hydrogens is 480 g/mol. The maximum Gasteiger partial charge on any atom is 0.141 e. The zero-order valence-corrected chi connectivity index (χ0v) is 22.3. The molecule has 1 aliphatic rings. The average molecular weight is 515 g/mol. The Bertz CT molecular complexity index is 1180. The molecule has 1 unspecified atom stereocenters. The van der Waals surface area contributed by atoms with Crippen LogP contribution in [0.1, 0.15) is 36.8 Å². The van der Waals surface area contributed by atoms with E-state index >= 15 is 0 Å². The standard InChI is InChI=1S/C27H35ClN4O4/c1-15-10-19(8-9-34-15)30-27-16(2)22(26-17(3)32-36-18(26)4)12-25(31-27)23-11-21(6-7-24(23)28)35-14-20(33)13-29-5/h6-7,11-12,15,19-20,29,33H,8-10,13-14H2,1-5H3,(H,30,31)/t15-,19-,20?/m1/s1. The first-order valence-electron chi connectivity index (χ1n) is 12.3. The van der Waals surface area contributed by atoms with E-state index in [-0.39, 0.29) is 18.8 Å². The number of aliphatic hydroxyl groups excluding tert-OH is 1. The molecule has 2 aromatic heterocycles. The molecule has 0 saturated carbocycles. The smallest absolute Gasteiger partial charge is 0.141 e. The van der Waals surface area contributed by atoms with Gasteiger partial charge in [0.15, 0.2) is 0 Å². The summed E-state index contributed by atoms with van der Waals surface area (Å²) in [4.78, 5) is 5.02. The summed E-state index contributed by atoms with van der Waals surface area (Å²) < 4.78 is 17.1. The van der Waals surface area contributed by atoms with E-state index in [1.807, 2.05) is 26.0 Å². The minimum Gasteiger partial charge on any atom is -0.491 e. The van der Waals surface area contributed by atoms with Gasteiger partial charge < -0.3 is 29.7 Å². The SMILES string of the molecule is CNCC(O)COc1ccc(Cl)c(-c2cc(-c3c(C)noc3C)c(C)c(N[C@@H]3CCO[C@H](C)C3)n2)c1. The monoisotopic (exact) mass is 514 g/mol. The molecule has 0 amide bonds. The molecule has 0 spiro atoms. The van der Waals surface area contributed by atoms with Crippen LogP contribution in [0.25, 0.3) is 22.4 Å². The molecule has 36 heavy (non-hydrogen) atoms. The summed E-state index contributed by atoms with van der Waals surface area (Å²) in [7, 11) is 1.79. The van der Waals surface area contributed by atoms with Crippen molar-refractivity contribution < 1.29 is 19.1 Å². The summed E-state index contributed by atoms with van der Waals surface area (Å²) in [5, 5.41) is 21.4. The highest BCUT2D eigenvalue weighted by Crippen LogP contribution is 2.39. The third kappa shape index (κ3) is 6.00. The second-order valence-electron chi connectivity index (χ2n) is 9.44. The molecule has 0 radical (unpaired) electrons. The van der Waals surface area contributed by atoms with Gasteiger partial charge in [-0.3, -0.25) is 0 Å². The molecule has 9 heteroatoms. The second kappa shape index (κ2) is 11.6. The normalized spacial score (nSPS) is 18.8. The van der Waals surface area contributed by atoms with Crippen molar-refractivity contribution in [1.82, 2.24) is 15.5 Å². The van der Waals surface area contributed by atoms with Crippen molar-refractivity contribution in [2.45, 2.75) is 58.8 Å². The fourth-order valence-corrected chi connectivity index (χ4v) is 4.83. The summed E-state index contributed by atoms with van der Waals surface area (Å²) in [5.74, 6) is 2.16. The lowest BCUT2D eigenvalue weighted by molar-refractivity contribution is 0.0231. The van der Waals surface area contributed by atoms with Crippen molar-refractivity contribution >= 4 is 17.4 Å². The maximum atomic E-state index is 10.0. The van der Waals surface area contributed by atoms with Gasteiger partial charge in [0.2, 0.25) is 0 Å². The van der Waals surface area contributed by atoms with Crippen LogP contribution < -0.4 is 15.4 Å². The van der Waals surface area contributed by atoms with Gasteiger partial charge in [0.05, 0.1) is 22.5 Å². The number of hydrogen-bond acceptors (Lipinski definition) is 8. The van der Waals surface area contributed by atoms with Crippen LogP contribution >= 0.6 is 11.6 Å². The Labute approximate surface area is 217 Å². The van der Waals surface area contributed by atoms with Gasteiger partial charge in [0, 0.05) is 30.3 Å². The first kappa shape index (κ1) is 26.4. The van der Waals surface area contributed by atoms with Gasteiger partial charge in [-0.2, -0.15) is 0 Å². The van der Waals surface area contributed by atoms with Crippen molar-refractivity contribution in [1.29, 1.82) is 0 Å². The Morgan fingerprint density at radius 1 is 1.22 bits per heavy atom. The first-order chi connectivity index (χ1) is 17.3. The second-order valence-corrected chi connectivity index (χ2v) is 9.85. The Kier molecular flexibility index (Phi) is 8.51. The topological polar surface area (TPSA) is 102 Å². The number of hydrogen-bond donors (Lipinski definition) is 3. The van der Waals surface area contributed by atoms with E-state index in [1.54, 1.807) is 19.2 Å². The van der Waals surface area contributed by atoms with E-state index in [9.17, 15) is 5.11 Å². The number of halogens is 1. The van der Waals surface area contributed by atoms with Crippen LogP contribution in [-0.2, 0) is 4.74 Å². The van der Waals surface area contributed by atoms with E-state index in [4.69, 9.17) is 30.6 Å². The molecule has 3 heterocycles. The summed E-state index contributed by atoms with van der Waals surface area (Å²) in [5.41, 5.74) is 5.24. The van der Waals surface area contributed by atoms with Gasteiger partial charge in [-0.25, -0.2) is 4.98 Å². The fourth-order valence-electron chi connectivity index (χ4n) is 4.61. The summed E-state index contributed by atoms with van der Waals surface area (Å²) >= 11 is 6.66. The molecule has 8 nitrogen and oxygen atoms in total. The van der Waals surface area contributed by atoms with E-state index in [2.05, 4.69) is 29.6 Å². The van der Waals surface area contributed by atoms with Gasteiger partial charge in [0.1, 0.15) is 30.0 Å². The van der Waals surface area contributed by atoms with Crippen LogP contribution in [0.3, 0.4) is 0 Å². The van der Waals surface area contributed by atoms with Crippen LogP contribution in [0.15, 0.2) is 28.8 Å². The number of pyridine rings is 1. The van der Waals surface area contributed by atoms with Gasteiger partial charge in [0.25, 0.3) is 0 Å². The van der Waals surface area contributed by atoms with Crippen LogP contribution in [0, 0.1) is 20.8 Å². The molecule has 3 N–H and O–H groups in total. The first-order valence-corrected chi connectivity index (χ1v) is 12.7. The molecule has 0 aliphatic carbocycles. The number of anilines is 1. The Balaban J connectivity index is 1.76. The minimum atomic E-state index is -0.615. The van der Waals surface area contributed by atoms with Crippen LogP contribution in [0.5, 0.6) is 5.75 Å². The number of aliphatic hydroxyl groups is 1. The number of aryl methyl sites for hydroxylation is 2. The van der Waals surface area contributed by atoms with E-state index in [0.29, 0.717) is 23.0 Å². The molecule has 1 saturated heterocycles. The minimum absolute atomic E-state index is 0.169. The van der Waals surface area contributed by atoms with Crippen molar-refractivity contribution in [3.8, 4) is 28.1 Å². The van der Waals surface area contributed by atoms with Crippen molar-refractivity contribution in [2.24, 2.45) is 0 Å². The third-order valence-corrected chi connectivity index (χ3v) is 6.83. The predicted octanol–water partition coefficient (Wildman–Crippen LogP) is 4.92. The Hall–Kier alpha value is -2.65. The number of ether oxygens (including phenoxy) is 2. The maximum absolute atomic E-state index is 10.0. The zero-order chi connectivity index (χ0) is 25.8. The van der Waals surface area contributed by atoms with Crippen molar-refractivity contribution in [3.63, 3.8) is 0 Å². The lowest BCUT2D eigenvalue weighted by Gasteiger charge is -2.29. The highest BCUT2D eigenvalue weighted by molar-refractivity contribution is 6.33. The van der Waals surface area contributed by atoms with Gasteiger partial charge in [-0.15, -0.1) is 0 Å². The Morgan fingerprint density at radius 3 is 2.72 bits per heavy atom. The van der Waals surface area contributed by atoms with Crippen molar-refractivity contribution in [3.05, 3.63) is 46.3 Å². The summed E-state index contributed by atoms with van der Waals surface area (Å²) in [6.45, 7) is 9.35. The number of likely N-dealkylation sites (N-methyl/N-ethyl adjacent to an activating group) is 1. The average Bonchev–Trinajstić information content (AvgIpc) is 3.18. The van der Waals surface area contributed by atoms with E-state index in [0.717, 1.165) is 59.0 Å². The largest absolute Gasteiger partial charge is 0.491 e. The van der Waals surface area contributed by atoms with Gasteiger partial charge in [-0.05, 0) is 83.0 Å². The molecule has 194 valence electrons. The summed E-state index contributed by atoms with van der Waals surface area (Å²) in [6, 6.07) is 7.74. The molecule has 1 aliphatic heterocycles. The predicted molar refractivity (Wildman–Crippen MR) is 142 cm³/mol. The van der Waals surface area contributed by atoms with Gasteiger partial charge in [-0.1, -0.05) is 16.8 Å². The van der Waals surface area contributed by atoms with E-state index < -0.39 is 6.10 Å². The third-order valence-electron chi connectivity index (χ3n) is 6.50. The lowest BCUT2D eigenvalue weighted by Crippen LogP contribution is -2.33. The molecule has 1 fully saturated rings. The van der Waals surface area contributed by atoms with Crippen LogP contribution in [-0.4, -0.2) is 60.3 Å². The van der Waals surface area contributed by atoms with Crippen molar-refractivity contribution in [2.75, 3.05) is 32.1 Å². The highest BCUT2D eigenvalue weighted by Gasteiger charge is 2.24. The molecule has 0 bridgehead atoms. The lowest BCUT2D eigenvalue weighted by atomic mass is 9.96. The number of rotatable bonds is 9. The number of nitrogens with zero attached hydrogens (tertiary/aromatic N) is 2. The summed E-state index contributed by atoms with van der Waals surface area (Å²) in [6.07, 6.45) is 1.40. The fraction of sp³-hybridized carbons (Fsp3) is 0.481. The molecule has 4 rings (SSSR count). The van der Waals surface area contributed by atoms with E-state index in [1.165, 1.54) is 0 Å². The number of benzene rings is 1. The molecule has 1 aromatic carbocycles. The zero-order valence-electron chi connectivity index (χ0n) is 21.5. The van der Waals surface area contributed by atoms with Gasteiger partial charge >= 0.3 is 0 Å². The number of nitrogens with one attached hydrogen (secondary N) is 2. The molecular formula is C27H35ClN4O4. The number of aromatic nitrogens is 2. The molecule has 3 aromatic rings. The molecule has 3 atom stereocenters. The quantitative estimate of drug-likeness (QED) is 0.370. The van der Waals surface area contributed by atoms with Crippen LogP contribution in [0.2, 0.25) is 5.02 Å². The Morgan fingerprint density at radius 2 is 2.03 bits per heavy atom.